The molecule has 0 nitrogen and oxygen atoms in total. The quantitative estimate of drug-likeness (QED) is 0.444. The fourth-order valence-electron chi connectivity index (χ4n) is 0.964. The van der Waals surface area contributed by atoms with Gasteiger partial charge in [-0.2, -0.15) is 0 Å². The van der Waals surface area contributed by atoms with E-state index in [-0.39, 0.29) is 0 Å². The van der Waals surface area contributed by atoms with Gasteiger partial charge in [0, 0.05) is 5.57 Å². The summed E-state index contributed by atoms with van der Waals surface area (Å²) in [7, 11) is 0. The van der Waals surface area contributed by atoms with Crippen molar-refractivity contribution < 1.29 is 0 Å². The van der Waals surface area contributed by atoms with Crippen LogP contribution < -0.4 is 0 Å². The van der Waals surface area contributed by atoms with E-state index in [0.29, 0.717) is 5.92 Å². The number of rotatable bonds is 0. The van der Waals surface area contributed by atoms with Crippen molar-refractivity contribution >= 4 is 0 Å². The lowest BCUT2D eigenvalue weighted by molar-refractivity contribution is 0.734. The highest BCUT2D eigenvalue weighted by Gasteiger charge is 1.99. The van der Waals surface area contributed by atoms with Gasteiger partial charge >= 0.3 is 0 Å². The van der Waals surface area contributed by atoms with Crippen molar-refractivity contribution in [2.45, 2.75) is 20.3 Å². The molecule has 10 heavy (non-hydrogen) atoms. The van der Waals surface area contributed by atoms with E-state index in [2.05, 4.69) is 37.0 Å². The topological polar surface area (TPSA) is 0 Å². The molecule has 1 atom stereocenters. The maximum atomic E-state index is 3.03. The Balaban J connectivity index is 2.64. The summed E-state index contributed by atoms with van der Waals surface area (Å²) in [5.41, 5.74) is 1.17. The highest BCUT2D eigenvalue weighted by Crippen LogP contribution is 2.14. The van der Waals surface area contributed by atoms with Gasteiger partial charge in [0.05, 0.1) is 0 Å². The lowest BCUT2D eigenvalue weighted by Crippen LogP contribution is -1.92. The standard InChI is InChI=1S/C10H12/c1-3-4-10-7-5-9(2)6-8-10/h5,7-9H,6H2,1-2H3. The molecule has 0 N–H and O–H groups in total. The van der Waals surface area contributed by atoms with Gasteiger partial charge < -0.3 is 0 Å². The molecule has 0 saturated heterocycles. The highest BCUT2D eigenvalue weighted by molar-refractivity contribution is 5.39. The van der Waals surface area contributed by atoms with Crippen LogP contribution in [-0.2, 0) is 0 Å². The maximum Gasteiger partial charge on any atom is 0.0202 e. The van der Waals surface area contributed by atoms with Gasteiger partial charge in [0.2, 0.25) is 0 Å². The first-order valence-electron chi connectivity index (χ1n) is 3.64. The van der Waals surface area contributed by atoms with E-state index in [4.69, 9.17) is 0 Å². The maximum absolute atomic E-state index is 3.03. The van der Waals surface area contributed by atoms with Gasteiger partial charge in [-0.1, -0.05) is 31.1 Å². The smallest absolute Gasteiger partial charge is 0.0202 e. The molecule has 1 aliphatic carbocycles. The van der Waals surface area contributed by atoms with E-state index >= 15 is 0 Å². The Labute approximate surface area is 62.6 Å². The number of hydrogen-bond donors (Lipinski definition) is 0. The van der Waals surface area contributed by atoms with E-state index in [0.717, 1.165) is 6.42 Å². The third-order valence-corrected chi connectivity index (χ3v) is 1.58. The summed E-state index contributed by atoms with van der Waals surface area (Å²) in [4.78, 5) is 0. The van der Waals surface area contributed by atoms with Crippen LogP contribution >= 0.6 is 0 Å². The molecule has 0 amide bonds. The zero-order valence-corrected chi connectivity index (χ0v) is 6.52. The van der Waals surface area contributed by atoms with Gasteiger partial charge in [0.25, 0.3) is 0 Å². The zero-order chi connectivity index (χ0) is 7.40. The lowest BCUT2D eigenvalue weighted by atomic mass is 9.99. The van der Waals surface area contributed by atoms with Crippen molar-refractivity contribution in [1.29, 1.82) is 0 Å². The summed E-state index contributed by atoms with van der Waals surface area (Å²) in [6.07, 6.45) is 7.64. The summed E-state index contributed by atoms with van der Waals surface area (Å²) >= 11 is 0. The average molecular weight is 132 g/mol. The van der Waals surface area contributed by atoms with Crippen LogP contribution in [0.4, 0.5) is 0 Å². The molecule has 0 heterocycles. The van der Waals surface area contributed by atoms with Crippen molar-refractivity contribution in [1.82, 2.24) is 0 Å². The van der Waals surface area contributed by atoms with Gasteiger partial charge in [-0.15, -0.1) is 5.92 Å². The summed E-state index contributed by atoms with van der Waals surface area (Å²) in [6, 6.07) is 0. The lowest BCUT2D eigenvalue weighted by Gasteiger charge is -2.06. The Kier molecular flexibility index (Phi) is 2.34. The van der Waals surface area contributed by atoms with Crippen LogP contribution in [0.2, 0.25) is 0 Å². The molecular formula is C10H12. The van der Waals surface area contributed by atoms with E-state index in [1.54, 1.807) is 0 Å². The Morgan fingerprint density at radius 1 is 1.60 bits per heavy atom. The van der Waals surface area contributed by atoms with Crippen LogP contribution in [0.5, 0.6) is 0 Å². The zero-order valence-electron chi connectivity index (χ0n) is 6.52. The van der Waals surface area contributed by atoms with Gasteiger partial charge in [0.1, 0.15) is 0 Å². The van der Waals surface area contributed by atoms with Crippen LogP contribution in [0.15, 0.2) is 23.8 Å². The van der Waals surface area contributed by atoms with Crippen LogP contribution in [-0.4, -0.2) is 0 Å². The second-order valence-electron chi connectivity index (χ2n) is 2.61. The second kappa shape index (κ2) is 3.27. The second-order valence-corrected chi connectivity index (χ2v) is 2.61. The monoisotopic (exact) mass is 132 g/mol. The Bertz CT molecular complexity index is 220. The summed E-state index contributed by atoms with van der Waals surface area (Å²) in [5.74, 6) is 6.61. The molecule has 0 heteroatoms. The normalized spacial score (nSPS) is 23.0. The Morgan fingerprint density at radius 2 is 2.40 bits per heavy atom. The molecule has 1 unspecified atom stereocenters. The third-order valence-electron chi connectivity index (χ3n) is 1.58. The minimum Gasteiger partial charge on any atom is -0.101 e. The molecule has 0 bridgehead atoms. The molecule has 52 valence electrons. The largest absolute Gasteiger partial charge is 0.101 e. The van der Waals surface area contributed by atoms with Gasteiger partial charge in [-0.3, -0.25) is 0 Å². The van der Waals surface area contributed by atoms with Crippen LogP contribution in [0.25, 0.3) is 0 Å². The molecule has 0 aliphatic heterocycles. The summed E-state index contributed by atoms with van der Waals surface area (Å²) < 4.78 is 0. The van der Waals surface area contributed by atoms with E-state index in [1.807, 2.05) is 6.92 Å². The first-order chi connectivity index (χ1) is 4.83. The van der Waals surface area contributed by atoms with Crippen LogP contribution in [0.1, 0.15) is 20.3 Å². The molecule has 1 aliphatic rings. The Hall–Kier alpha value is -0.960. The fourth-order valence-corrected chi connectivity index (χ4v) is 0.964. The van der Waals surface area contributed by atoms with Crippen molar-refractivity contribution in [3.05, 3.63) is 23.8 Å². The molecule has 0 aromatic heterocycles. The van der Waals surface area contributed by atoms with E-state index in [9.17, 15) is 0 Å². The molecule has 0 fully saturated rings. The SMILES string of the molecule is CC#CC1=CCC(C)C=C1. The molecular weight excluding hydrogens is 120 g/mol. The third kappa shape index (κ3) is 1.77. The van der Waals surface area contributed by atoms with E-state index in [1.165, 1.54) is 5.57 Å². The first kappa shape index (κ1) is 7.15. The predicted octanol–water partition coefficient (Wildman–Crippen LogP) is 2.53. The highest BCUT2D eigenvalue weighted by atomic mass is 14.0. The van der Waals surface area contributed by atoms with Crippen LogP contribution in [0.3, 0.4) is 0 Å². The van der Waals surface area contributed by atoms with Crippen molar-refractivity contribution in [2.24, 2.45) is 5.92 Å². The summed E-state index contributed by atoms with van der Waals surface area (Å²) in [5, 5.41) is 0. The minimum absolute atomic E-state index is 0.697. The number of hydrogen-bond acceptors (Lipinski definition) is 0. The Morgan fingerprint density at radius 3 is 2.90 bits per heavy atom. The fraction of sp³-hybridized carbons (Fsp3) is 0.400. The molecule has 0 spiro atoms. The molecule has 0 aromatic carbocycles. The van der Waals surface area contributed by atoms with Crippen molar-refractivity contribution in [3.63, 3.8) is 0 Å². The predicted molar refractivity (Wildman–Crippen MR) is 44.5 cm³/mol. The first-order valence-corrected chi connectivity index (χ1v) is 3.64. The van der Waals surface area contributed by atoms with Crippen molar-refractivity contribution in [3.8, 4) is 11.8 Å². The molecule has 0 radical (unpaired) electrons. The van der Waals surface area contributed by atoms with Gasteiger partial charge in [-0.25, -0.2) is 0 Å². The molecule has 0 aromatic rings. The summed E-state index contributed by atoms with van der Waals surface area (Å²) in [6.45, 7) is 4.08. The average Bonchev–Trinajstić information content (AvgIpc) is 1.95. The molecule has 1 rings (SSSR count). The van der Waals surface area contributed by atoms with E-state index < -0.39 is 0 Å². The molecule has 0 saturated carbocycles. The van der Waals surface area contributed by atoms with Gasteiger partial charge in [-0.05, 0) is 19.3 Å². The minimum atomic E-state index is 0.697. The van der Waals surface area contributed by atoms with Crippen molar-refractivity contribution in [2.75, 3.05) is 0 Å². The number of allylic oxidation sites excluding steroid dienone is 4. The van der Waals surface area contributed by atoms with Gasteiger partial charge in [0.15, 0.2) is 0 Å². The van der Waals surface area contributed by atoms with Crippen LogP contribution in [0, 0.1) is 17.8 Å².